The summed E-state index contributed by atoms with van der Waals surface area (Å²) in [7, 11) is 0. The average Bonchev–Trinajstić information content (AvgIpc) is 3.19. The number of hydrogen-bond donors (Lipinski definition) is 2. The van der Waals surface area contributed by atoms with Gasteiger partial charge in [0.2, 0.25) is 11.3 Å². The third-order valence-corrected chi connectivity index (χ3v) is 6.14. The lowest BCUT2D eigenvalue weighted by Crippen LogP contribution is -2.38. The van der Waals surface area contributed by atoms with E-state index in [1.807, 2.05) is 0 Å². The third-order valence-electron chi connectivity index (χ3n) is 6.14. The van der Waals surface area contributed by atoms with Gasteiger partial charge in [0.15, 0.2) is 17.3 Å². The fourth-order valence-electron chi connectivity index (χ4n) is 4.20. The Balaban J connectivity index is 1.85. The van der Waals surface area contributed by atoms with Crippen LogP contribution in [0.1, 0.15) is 43.0 Å². The molecule has 2 atom stereocenters. The molecule has 9 nitrogen and oxygen atoms in total. The quantitative estimate of drug-likeness (QED) is 0.446. The van der Waals surface area contributed by atoms with E-state index in [2.05, 4.69) is 15.3 Å². The number of anilines is 1. The molecular weight excluding hydrogens is 517 g/mol. The summed E-state index contributed by atoms with van der Waals surface area (Å²) in [6.45, 7) is 1.47. The lowest BCUT2D eigenvalue weighted by atomic mass is 10.1. The molecule has 0 saturated carbocycles. The topological polar surface area (TPSA) is 117 Å². The highest BCUT2D eigenvalue weighted by atomic mass is 19.4. The smallest absolute Gasteiger partial charge is 0.389 e. The van der Waals surface area contributed by atoms with E-state index in [0.29, 0.717) is 12.4 Å². The van der Waals surface area contributed by atoms with Crippen molar-refractivity contribution < 1.29 is 36.6 Å². The van der Waals surface area contributed by atoms with Gasteiger partial charge in [-0.25, -0.2) is 13.8 Å². The monoisotopic (exact) mass is 539 g/mol. The van der Waals surface area contributed by atoms with Crippen LogP contribution in [0, 0.1) is 11.6 Å². The molecule has 0 aliphatic carbocycles. The van der Waals surface area contributed by atoms with E-state index in [4.69, 9.17) is 0 Å². The van der Waals surface area contributed by atoms with Crippen molar-refractivity contribution in [2.75, 3.05) is 11.4 Å². The van der Waals surface area contributed by atoms with Crippen LogP contribution in [-0.4, -0.2) is 56.3 Å². The summed E-state index contributed by atoms with van der Waals surface area (Å²) in [4.78, 5) is 47.3. The Kier molecular flexibility index (Phi) is 7.44. The summed E-state index contributed by atoms with van der Waals surface area (Å²) in [6.07, 6.45) is -4.75. The first kappa shape index (κ1) is 27.1. The standard InChI is InChI=1S/C24H22F5N5O4/c1-2-12(5-6-24(27,28)29)31-23(38)15-11-34(20-16(25)8-30-9-17(20)26)22-14(21(15)37)3-4-18(32-22)33-10-13(35)7-19(33)36/h3-4,8-9,11-13,35H,2,5-7,10H2,1H3,(H,31,38)/t12-,13-/m0/s1. The number of nitrogens with one attached hydrogen (secondary N) is 1. The van der Waals surface area contributed by atoms with Gasteiger partial charge in [0, 0.05) is 18.7 Å². The Morgan fingerprint density at radius 1 is 1.21 bits per heavy atom. The summed E-state index contributed by atoms with van der Waals surface area (Å²) in [5.41, 5.74) is -2.49. The maximum Gasteiger partial charge on any atom is 0.389 e. The lowest BCUT2D eigenvalue weighted by Gasteiger charge is -2.20. The molecule has 14 heteroatoms. The number of aliphatic hydroxyl groups is 1. The lowest BCUT2D eigenvalue weighted by molar-refractivity contribution is -0.136. The zero-order valence-corrected chi connectivity index (χ0v) is 19.9. The first-order valence-corrected chi connectivity index (χ1v) is 11.6. The van der Waals surface area contributed by atoms with Gasteiger partial charge in [-0.05, 0) is 25.0 Å². The van der Waals surface area contributed by atoms with Gasteiger partial charge in [-0.3, -0.25) is 28.8 Å². The van der Waals surface area contributed by atoms with Crippen LogP contribution in [0.5, 0.6) is 0 Å². The number of hydrogen-bond acceptors (Lipinski definition) is 6. The van der Waals surface area contributed by atoms with Gasteiger partial charge in [-0.2, -0.15) is 13.2 Å². The number of rotatable bonds is 7. The molecule has 3 aromatic rings. The van der Waals surface area contributed by atoms with Gasteiger partial charge in [-0.15, -0.1) is 0 Å². The number of fused-ring (bicyclic) bond motifs is 1. The molecule has 2 amide bonds. The summed E-state index contributed by atoms with van der Waals surface area (Å²) in [5.74, 6) is -3.80. The zero-order chi connectivity index (χ0) is 27.8. The van der Waals surface area contributed by atoms with Crippen LogP contribution in [0.3, 0.4) is 0 Å². The van der Waals surface area contributed by atoms with Crippen molar-refractivity contribution >= 4 is 28.7 Å². The molecule has 202 valence electrons. The van der Waals surface area contributed by atoms with Crippen molar-refractivity contribution in [3.8, 4) is 5.69 Å². The number of nitrogens with zero attached hydrogens (tertiary/aromatic N) is 4. The van der Waals surface area contributed by atoms with Crippen LogP contribution in [0.25, 0.3) is 16.7 Å². The number of halogens is 5. The van der Waals surface area contributed by atoms with Crippen molar-refractivity contribution in [2.24, 2.45) is 0 Å². The summed E-state index contributed by atoms with van der Waals surface area (Å²) in [6, 6.07) is 1.57. The number of carbonyl (C=O) groups is 2. The summed E-state index contributed by atoms with van der Waals surface area (Å²) in [5, 5.41) is 11.9. The minimum absolute atomic E-state index is 0.00234. The molecule has 0 aromatic carbocycles. The molecule has 4 heterocycles. The van der Waals surface area contributed by atoms with Crippen molar-refractivity contribution in [1.82, 2.24) is 19.9 Å². The maximum absolute atomic E-state index is 14.8. The first-order chi connectivity index (χ1) is 17.9. The highest BCUT2D eigenvalue weighted by Gasteiger charge is 2.31. The van der Waals surface area contributed by atoms with E-state index in [1.165, 1.54) is 12.1 Å². The normalized spacial score (nSPS) is 16.8. The highest BCUT2D eigenvalue weighted by molar-refractivity contribution is 5.99. The highest BCUT2D eigenvalue weighted by Crippen LogP contribution is 2.26. The van der Waals surface area contributed by atoms with Crippen LogP contribution in [-0.2, 0) is 4.79 Å². The molecule has 4 rings (SSSR count). The van der Waals surface area contributed by atoms with E-state index in [-0.39, 0.29) is 36.2 Å². The van der Waals surface area contributed by atoms with E-state index in [9.17, 15) is 41.4 Å². The van der Waals surface area contributed by atoms with Crippen LogP contribution in [0.2, 0.25) is 0 Å². The number of carbonyl (C=O) groups excluding carboxylic acids is 2. The predicted molar refractivity (Wildman–Crippen MR) is 125 cm³/mol. The molecule has 1 aliphatic rings. The average molecular weight is 539 g/mol. The Bertz CT molecular complexity index is 1440. The molecule has 1 saturated heterocycles. The number of alkyl halides is 3. The van der Waals surface area contributed by atoms with Crippen molar-refractivity contribution in [1.29, 1.82) is 0 Å². The van der Waals surface area contributed by atoms with Gasteiger partial charge in [0.1, 0.15) is 17.1 Å². The first-order valence-electron chi connectivity index (χ1n) is 11.6. The molecular formula is C24H22F5N5O4. The van der Waals surface area contributed by atoms with Gasteiger partial charge in [0.05, 0.1) is 36.8 Å². The zero-order valence-electron chi connectivity index (χ0n) is 19.9. The number of pyridine rings is 3. The van der Waals surface area contributed by atoms with Crippen molar-refractivity contribution in [2.45, 2.75) is 50.9 Å². The van der Waals surface area contributed by atoms with Crippen LogP contribution in [0.15, 0.2) is 35.5 Å². The summed E-state index contributed by atoms with van der Waals surface area (Å²) < 4.78 is 68.3. The van der Waals surface area contributed by atoms with E-state index in [1.54, 1.807) is 6.92 Å². The fraction of sp³-hybridized carbons (Fsp3) is 0.375. The van der Waals surface area contributed by atoms with Crippen LogP contribution in [0.4, 0.5) is 27.8 Å². The summed E-state index contributed by atoms with van der Waals surface area (Å²) >= 11 is 0. The van der Waals surface area contributed by atoms with Gasteiger partial charge in [0.25, 0.3) is 5.91 Å². The molecule has 3 aromatic heterocycles. The third kappa shape index (κ3) is 5.49. The molecule has 0 bridgehead atoms. The Morgan fingerprint density at radius 2 is 1.89 bits per heavy atom. The van der Waals surface area contributed by atoms with Crippen molar-refractivity contribution in [3.05, 3.63) is 58.1 Å². The second-order valence-corrected chi connectivity index (χ2v) is 8.83. The minimum atomic E-state index is -4.44. The predicted octanol–water partition coefficient (Wildman–Crippen LogP) is 3.01. The second-order valence-electron chi connectivity index (χ2n) is 8.83. The number of aliphatic hydroxyl groups excluding tert-OH is 1. The molecule has 1 fully saturated rings. The molecule has 1 aliphatic heterocycles. The largest absolute Gasteiger partial charge is 0.391 e. The molecule has 0 spiro atoms. The molecule has 0 radical (unpaired) electrons. The second kappa shape index (κ2) is 10.4. The maximum atomic E-state index is 14.8. The number of amides is 2. The Hall–Kier alpha value is -3.94. The van der Waals surface area contributed by atoms with Gasteiger partial charge < -0.3 is 10.4 Å². The molecule has 38 heavy (non-hydrogen) atoms. The van der Waals surface area contributed by atoms with E-state index < -0.39 is 71.3 Å². The molecule has 0 unspecified atom stereocenters. The Labute approximate surface area is 211 Å². The van der Waals surface area contributed by atoms with E-state index in [0.717, 1.165) is 15.7 Å². The van der Waals surface area contributed by atoms with Crippen LogP contribution >= 0.6 is 0 Å². The SMILES string of the molecule is CC[C@@H](CCC(F)(F)F)NC(=O)c1cn(-c2c(F)cncc2F)c2nc(N3C[C@@H](O)CC3=O)ccc2c1=O. The van der Waals surface area contributed by atoms with Gasteiger partial charge in [-0.1, -0.05) is 6.92 Å². The van der Waals surface area contributed by atoms with Gasteiger partial charge >= 0.3 is 6.18 Å². The van der Waals surface area contributed by atoms with Crippen LogP contribution < -0.4 is 15.6 Å². The van der Waals surface area contributed by atoms with Crippen molar-refractivity contribution in [3.63, 3.8) is 0 Å². The fourth-order valence-corrected chi connectivity index (χ4v) is 4.20. The Morgan fingerprint density at radius 3 is 2.47 bits per heavy atom. The van der Waals surface area contributed by atoms with E-state index >= 15 is 0 Å². The molecule has 2 N–H and O–H groups in total. The number of aromatic nitrogens is 3. The minimum Gasteiger partial charge on any atom is -0.391 e. The number of β-amino-alcohol motifs (C(OH)–C–C–N with tert-alkyl or cyclic N) is 1.